The zero-order valence-electron chi connectivity index (χ0n) is 14.7. The molecule has 0 fully saturated rings. The molecule has 6 heteroatoms. The molecule has 1 heterocycles. The van der Waals surface area contributed by atoms with Crippen molar-refractivity contribution in [3.8, 4) is 5.75 Å². The number of methoxy groups -OCH3 is 1. The van der Waals surface area contributed by atoms with E-state index in [9.17, 15) is 14.0 Å². The number of ether oxygens (including phenoxy) is 1. The van der Waals surface area contributed by atoms with Gasteiger partial charge in [-0.3, -0.25) is 9.59 Å². The Morgan fingerprint density at radius 2 is 1.92 bits per heavy atom. The van der Waals surface area contributed by atoms with Crippen LogP contribution in [0, 0.1) is 5.82 Å². The number of amides is 1. The van der Waals surface area contributed by atoms with Gasteiger partial charge in [0.05, 0.1) is 12.5 Å². The number of carbonyl (C=O) groups excluding carboxylic acids is 1. The number of nitrogens with zero attached hydrogens (tertiary/aromatic N) is 1. The molecule has 1 amide bonds. The number of benzene rings is 2. The fraction of sp³-hybridized carbons (Fsp3) is 0.200. The molecule has 1 N–H and O–H groups in total. The van der Waals surface area contributed by atoms with E-state index in [1.165, 1.54) is 22.8 Å². The Morgan fingerprint density at radius 3 is 2.62 bits per heavy atom. The third kappa shape index (κ3) is 3.31. The minimum Gasteiger partial charge on any atom is -0.497 e. The first kappa shape index (κ1) is 17.7. The number of hydrogen-bond acceptors (Lipinski definition) is 3. The molecule has 0 saturated heterocycles. The van der Waals surface area contributed by atoms with Crippen molar-refractivity contribution < 1.29 is 13.9 Å². The standard InChI is InChI=1S/C20H19FN2O3/c1-12(2)23-18(9-13-7-8-14(21)10-17(13)20(23)25)19(24)22-15-5-4-6-16(11-15)26-3/h4-12H,1-3H3,(H,22,24). The van der Waals surface area contributed by atoms with Gasteiger partial charge in [-0.1, -0.05) is 12.1 Å². The molecule has 0 unspecified atom stereocenters. The highest BCUT2D eigenvalue weighted by Crippen LogP contribution is 2.20. The Kier molecular flexibility index (Phi) is 4.75. The van der Waals surface area contributed by atoms with Gasteiger partial charge in [0, 0.05) is 17.8 Å². The zero-order valence-corrected chi connectivity index (χ0v) is 14.7. The fourth-order valence-electron chi connectivity index (χ4n) is 2.88. The van der Waals surface area contributed by atoms with Gasteiger partial charge >= 0.3 is 0 Å². The monoisotopic (exact) mass is 354 g/mol. The van der Waals surface area contributed by atoms with Crippen molar-refractivity contribution >= 4 is 22.4 Å². The first-order valence-electron chi connectivity index (χ1n) is 8.21. The number of nitrogens with one attached hydrogen (secondary N) is 1. The van der Waals surface area contributed by atoms with Crippen LogP contribution < -0.4 is 15.6 Å². The van der Waals surface area contributed by atoms with Crippen LogP contribution in [0.1, 0.15) is 30.4 Å². The second-order valence-corrected chi connectivity index (χ2v) is 6.22. The summed E-state index contributed by atoms with van der Waals surface area (Å²) < 4.78 is 20.1. The highest BCUT2D eigenvalue weighted by Gasteiger charge is 2.18. The Labute approximate surface area is 150 Å². The van der Waals surface area contributed by atoms with Crippen LogP contribution >= 0.6 is 0 Å². The van der Waals surface area contributed by atoms with E-state index in [0.29, 0.717) is 16.8 Å². The number of anilines is 1. The van der Waals surface area contributed by atoms with Crippen molar-refractivity contribution in [1.82, 2.24) is 4.57 Å². The lowest BCUT2D eigenvalue weighted by atomic mass is 10.1. The molecule has 0 saturated carbocycles. The maximum Gasteiger partial charge on any atom is 0.272 e. The third-order valence-corrected chi connectivity index (χ3v) is 4.09. The highest BCUT2D eigenvalue weighted by atomic mass is 19.1. The van der Waals surface area contributed by atoms with Crippen LogP contribution in [0.25, 0.3) is 10.8 Å². The molecule has 0 aliphatic rings. The average molecular weight is 354 g/mol. The minimum absolute atomic E-state index is 0.215. The van der Waals surface area contributed by atoms with Crippen LogP contribution in [0.2, 0.25) is 0 Å². The average Bonchev–Trinajstić information content (AvgIpc) is 2.61. The van der Waals surface area contributed by atoms with Gasteiger partial charge in [0.15, 0.2) is 0 Å². The lowest BCUT2D eigenvalue weighted by Crippen LogP contribution is -2.30. The molecular weight excluding hydrogens is 335 g/mol. The van der Waals surface area contributed by atoms with Gasteiger partial charge in [-0.15, -0.1) is 0 Å². The van der Waals surface area contributed by atoms with Crippen LogP contribution in [0.5, 0.6) is 5.75 Å². The second kappa shape index (κ2) is 7.00. The predicted molar refractivity (Wildman–Crippen MR) is 99.5 cm³/mol. The number of pyridine rings is 1. The van der Waals surface area contributed by atoms with Crippen LogP contribution in [0.15, 0.2) is 53.3 Å². The summed E-state index contributed by atoms with van der Waals surface area (Å²) in [4.78, 5) is 25.6. The molecule has 0 bridgehead atoms. The maximum absolute atomic E-state index is 13.5. The van der Waals surface area contributed by atoms with E-state index in [-0.39, 0.29) is 17.1 Å². The zero-order chi connectivity index (χ0) is 18.8. The Balaban J connectivity index is 2.10. The number of halogens is 1. The Hall–Kier alpha value is -3.15. The second-order valence-electron chi connectivity index (χ2n) is 6.22. The Bertz CT molecular complexity index is 1040. The van der Waals surface area contributed by atoms with Crippen LogP contribution in [-0.4, -0.2) is 17.6 Å². The lowest BCUT2D eigenvalue weighted by Gasteiger charge is -2.17. The van der Waals surface area contributed by atoms with Crippen LogP contribution in [0.4, 0.5) is 10.1 Å². The van der Waals surface area contributed by atoms with Gasteiger partial charge < -0.3 is 14.6 Å². The van der Waals surface area contributed by atoms with Crippen molar-refractivity contribution in [2.45, 2.75) is 19.9 Å². The number of rotatable bonds is 4. The van der Waals surface area contributed by atoms with Crippen molar-refractivity contribution in [3.05, 3.63) is 70.4 Å². The van der Waals surface area contributed by atoms with Gasteiger partial charge in [-0.05, 0) is 49.6 Å². The molecule has 26 heavy (non-hydrogen) atoms. The van der Waals surface area contributed by atoms with Crippen molar-refractivity contribution in [1.29, 1.82) is 0 Å². The normalized spacial score (nSPS) is 11.0. The predicted octanol–water partition coefficient (Wildman–Crippen LogP) is 3.98. The molecule has 2 aromatic carbocycles. The van der Waals surface area contributed by atoms with E-state index in [0.717, 1.165) is 0 Å². The quantitative estimate of drug-likeness (QED) is 0.771. The largest absolute Gasteiger partial charge is 0.497 e. The number of aromatic nitrogens is 1. The van der Waals surface area contributed by atoms with Crippen molar-refractivity contribution in [3.63, 3.8) is 0 Å². The third-order valence-electron chi connectivity index (χ3n) is 4.09. The molecule has 0 atom stereocenters. The number of fused-ring (bicyclic) bond motifs is 1. The van der Waals surface area contributed by atoms with E-state index in [1.54, 1.807) is 51.3 Å². The smallest absolute Gasteiger partial charge is 0.272 e. The van der Waals surface area contributed by atoms with Crippen molar-refractivity contribution in [2.75, 3.05) is 12.4 Å². The molecule has 134 valence electrons. The topological polar surface area (TPSA) is 60.3 Å². The number of carbonyl (C=O) groups is 1. The molecule has 3 rings (SSSR count). The fourth-order valence-corrected chi connectivity index (χ4v) is 2.88. The van der Waals surface area contributed by atoms with Gasteiger partial charge in [0.25, 0.3) is 11.5 Å². The summed E-state index contributed by atoms with van der Waals surface area (Å²) >= 11 is 0. The highest BCUT2D eigenvalue weighted by molar-refractivity contribution is 6.05. The SMILES string of the molecule is COc1cccc(NC(=O)c2cc3ccc(F)cc3c(=O)n2C(C)C)c1. The van der Waals surface area contributed by atoms with E-state index >= 15 is 0 Å². The summed E-state index contributed by atoms with van der Waals surface area (Å²) in [7, 11) is 1.54. The first-order chi connectivity index (χ1) is 12.4. The maximum atomic E-state index is 13.5. The minimum atomic E-state index is -0.488. The summed E-state index contributed by atoms with van der Waals surface area (Å²) in [6.45, 7) is 3.60. The molecule has 0 spiro atoms. The molecular formula is C20H19FN2O3. The van der Waals surface area contributed by atoms with Crippen LogP contribution in [0.3, 0.4) is 0 Å². The van der Waals surface area contributed by atoms with Crippen LogP contribution in [-0.2, 0) is 0 Å². The first-order valence-corrected chi connectivity index (χ1v) is 8.21. The Morgan fingerprint density at radius 1 is 1.15 bits per heavy atom. The van der Waals surface area contributed by atoms with E-state index in [4.69, 9.17) is 4.74 Å². The molecule has 5 nitrogen and oxygen atoms in total. The van der Waals surface area contributed by atoms with Gasteiger partial charge in [0.2, 0.25) is 0 Å². The van der Waals surface area contributed by atoms with Crippen molar-refractivity contribution in [2.24, 2.45) is 0 Å². The van der Waals surface area contributed by atoms with Gasteiger partial charge in [-0.25, -0.2) is 4.39 Å². The summed E-state index contributed by atoms with van der Waals surface area (Å²) in [6.07, 6.45) is 0. The molecule has 0 aliphatic heterocycles. The van der Waals surface area contributed by atoms with E-state index < -0.39 is 17.3 Å². The summed E-state index contributed by atoms with van der Waals surface area (Å²) in [5.74, 6) is -0.299. The number of hydrogen-bond donors (Lipinski definition) is 1. The molecule has 3 aromatic rings. The lowest BCUT2D eigenvalue weighted by molar-refractivity contribution is 0.101. The summed E-state index contributed by atoms with van der Waals surface area (Å²) in [6, 6.07) is 12.2. The summed E-state index contributed by atoms with van der Waals surface area (Å²) in [5, 5.41) is 3.54. The molecule has 0 radical (unpaired) electrons. The molecule has 0 aliphatic carbocycles. The molecule has 1 aromatic heterocycles. The van der Waals surface area contributed by atoms with E-state index in [1.807, 2.05) is 0 Å². The summed E-state index contributed by atoms with van der Waals surface area (Å²) in [5.41, 5.74) is 0.371. The van der Waals surface area contributed by atoms with Gasteiger partial charge in [-0.2, -0.15) is 0 Å². The van der Waals surface area contributed by atoms with Gasteiger partial charge in [0.1, 0.15) is 17.3 Å². The van der Waals surface area contributed by atoms with E-state index in [2.05, 4.69) is 5.32 Å².